The Morgan fingerprint density at radius 3 is 2.31 bits per heavy atom. The van der Waals surface area contributed by atoms with Gasteiger partial charge in [0.05, 0.1) is 37.6 Å². The van der Waals surface area contributed by atoms with E-state index in [4.69, 9.17) is 14.2 Å². The van der Waals surface area contributed by atoms with Crippen LogP contribution < -0.4 is 19.1 Å². The van der Waals surface area contributed by atoms with Crippen LogP contribution in [0.3, 0.4) is 0 Å². The highest BCUT2D eigenvalue weighted by Crippen LogP contribution is 2.45. The van der Waals surface area contributed by atoms with Crippen LogP contribution in [0.4, 0.5) is 5.13 Å². The van der Waals surface area contributed by atoms with Crippen LogP contribution in [0.1, 0.15) is 41.6 Å². The van der Waals surface area contributed by atoms with E-state index in [2.05, 4.69) is 4.98 Å². The Morgan fingerprint density at radius 2 is 1.72 bits per heavy atom. The summed E-state index contributed by atoms with van der Waals surface area (Å²) < 4.78 is 16.6. The first-order valence-electron chi connectivity index (χ1n) is 11.6. The molecule has 0 radical (unpaired) electrons. The third-order valence-electron chi connectivity index (χ3n) is 5.91. The Kier molecular flexibility index (Phi) is 7.30. The molecule has 0 saturated carbocycles. The molecule has 1 saturated heterocycles. The summed E-state index contributed by atoms with van der Waals surface area (Å²) in [6, 6.07) is 11.0. The molecule has 2 aromatic carbocycles. The molecule has 4 rings (SSSR count). The molecule has 2 heterocycles. The second-order valence-electron chi connectivity index (χ2n) is 8.11. The number of rotatable bonds is 8. The number of nitrogens with zero attached hydrogens (tertiary/aromatic N) is 2. The zero-order valence-corrected chi connectivity index (χ0v) is 21.6. The number of carbonyl (C=O) groups excluding carboxylic acids is 2. The fourth-order valence-corrected chi connectivity index (χ4v) is 5.00. The van der Waals surface area contributed by atoms with E-state index in [1.54, 1.807) is 42.5 Å². The quantitative estimate of drug-likeness (QED) is 0.254. The summed E-state index contributed by atoms with van der Waals surface area (Å²) in [5, 5.41) is 11.7. The fraction of sp³-hybridized carbons (Fsp3) is 0.296. The standard InChI is InChI=1S/C27H28N2O6S/c1-6-34-19-11-8-17(9-12-19)24(30)22-23(18-10-13-20(35-7-2)21(14-18)33-5)29(26(32)25(22)31)27-28-15(3)16(4)36-27/h8-14,23,30H,6-7H2,1-5H3/b24-22+. The van der Waals surface area contributed by atoms with Crippen molar-refractivity contribution < 1.29 is 28.9 Å². The van der Waals surface area contributed by atoms with Gasteiger partial charge in [-0.1, -0.05) is 6.07 Å². The van der Waals surface area contributed by atoms with Gasteiger partial charge in [-0.2, -0.15) is 0 Å². The summed E-state index contributed by atoms with van der Waals surface area (Å²) >= 11 is 1.32. The third kappa shape index (κ3) is 4.54. The van der Waals surface area contributed by atoms with E-state index in [0.29, 0.717) is 46.7 Å². The van der Waals surface area contributed by atoms with Crippen molar-refractivity contribution in [3.63, 3.8) is 0 Å². The molecule has 1 aliphatic heterocycles. The van der Waals surface area contributed by atoms with Gasteiger partial charge in [0, 0.05) is 10.4 Å². The Bertz CT molecular complexity index is 1310. The minimum Gasteiger partial charge on any atom is -0.507 e. The smallest absolute Gasteiger partial charge is 0.301 e. The first-order valence-corrected chi connectivity index (χ1v) is 12.4. The SMILES string of the molecule is CCOc1ccc(/C(O)=C2\C(=O)C(=O)N(c3nc(C)c(C)s3)C2c2ccc(OCC)c(OC)c2)cc1. The number of ketones is 1. The predicted molar refractivity (Wildman–Crippen MR) is 138 cm³/mol. The van der Waals surface area contributed by atoms with Crippen LogP contribution in [0.25, 0.3) is 5.76 Å². The van der Waals surface area contributed by atoms with E-state index >= 15 is 0 Å². The number of benzene rings is 2. The maximum atomic E-state index is 13.4. The summed E-state index contributed by atoms with van der Waals surface area (Å²) in [5.41, 5.74) is 1.71. The number of aromatic nitrogens is 1. The molecule has 1 atom stereocenters. The number of carbonyl (C=O) groups is 2. The number of aryl methyl sites for hydroxylation is 2. The van der Waals surface area contributed by atoms with E-state index in [1.807, 2.05) is 27.7 Å². The van der Waals surface area contributed by atoms with Crippen LogP contribution in [-0.4, -0.2) is 42.1 Å². The lowest BCUT2D eigenvalue weighted by Gasteiger charge is -2.24. The maximum absolute atomic E-state index is 13.4. The number of anilines is 1. The van der Waals surface area contributed by atoms with Gasteiger partial charge in [0.15, 0.2) is 16.6 Å². The molecule has 1 fully saturated rings. The van der Waals surface area contributed by atoms with Gasteiger partial charge in [0.2, 0.25) is 0 Å². The summed E-state index contributed by atoms with van der Waals surface area (Å²) in [6.45, 7) is 8.45. The molecule has 1 unspecified atom stereocenters. The lowest BCUT2D eigenvalue weighted by molar-refractivity contribution is -0.132. The second-order valence-corrected chi connectivity index (χ2v) is 9.29. The van der Waals surface area contributed by atoms with E-state index in [1.165, 1.54) is 23.3 Å². The molecule has 0 bridgehead atoms. The molecule has 9 heteroatoms. The van der Waals surface area contributed by atoms with Crippen molar-refractivity contribution >= 4 is 33.9 Å². The average Bonchev–Trinajstić information content (AvgIpc) is 3.34. The lowest BCUT2D eigenvalue weighted by Crippen LogP contribution is -2.29. The lowest BCUT2D eigenvalue weighted by atomic mass is 9.95. The zero-order chi connectivity index (χ0) is 26.0. The number of ether oxygens (including phenoxy) is 3. The van der Waals surface area contributed by atoms with E-state index in [0.717, 1.165) is 10.6 Å². The van der Waals surface area contributed by atoms with Crippen molar-refractivity contribution in [3.8, 4) is 17.2 Å². The molecule has 8 nitrogen and oxygen atoms in total. The fourth-order valence-electron chi connectivity index (χ4n) is 4.06. The van der Waals surface area contributed by atoms with Crippen molar-refractivity contribution in [2.45, 2.75) is 33.7 Å². The van der Waals surface area contributed by atoms with Crippen LogP contribution in [0, 0.1) is 13.8 Å². The minimum absolute atomic E-state index is 0.0270. The maximum Gasteiger partial charge on any atom is 0.301 e. The van der Waals surface area contributed by atoms with E-state index in [-0.39, 0.29) is 11.3 Å². The van der Waals surface area contributed by atoms with Crippen molar-refractivity contribution in [2.24, 2.45) is 0 Å². The number of amides is 1. The molecule has 1 aliphatic rings. The van der Waals surface area contributed by atoms with Gasteiger partial charge in [-0.3, -0.25) is 14.5 Å². The Balaban J connectivity index is 1.91. The highest BCUT2D eigenvalue weighted by atomic mass is 32.1. The average molecular weight is 509 g/mol. The van der Waals surface area contributed by atoms with Crippen molar-refractivity contribution in [1.82, 2.24) is 4.98 Å². The molecule has 0 aliphatic carbocycles. The van der Waals surface area contributed by atoms with Crippen molar-refractivity contribution in [3.05, 3.63) is 69.7 Å². The first kappa shape index (κ1) is 25.2. The summed E-state index contributed by atoms with van der Waals surface area (Å²) in [5.74, 6) is -0.197. The summed E-state index contributed by atoms with van der Waals surface area (Å²) in [7, 11) is 1.52. The van der Waals surface area contributed by atoms with Crippen LogP contribution in [0.2, 0.25) is 0 Å². The van der Waals surface area contributed by atoms with Gasteiger partial charge in [0.25, 0.3) is 5.78 Å². The number of thiazole rings is 1. The number of hydrogen-bond donors (Lipinski definition) is 1. The number of aliphatic hydroxyl groups is 1. The predicted octanol–water partition coefficient (Wildman–Crippen LogP) is 5.19. The molecule has 0 spiro atoms. The van der Waals surface area contributed by atoms with Gasteiger partial charge in [-0.15, -0.1) is 11.3 Å². The monoisotopic (exact) mass is 508 g/mol. The zero-order valence-electron chi connectivity index (χ0n) is 20.8. The molecule has 1 aromatic heterocycles. The van der Waals surface area contributed by atoms with Crippen LogP contribution in [0.15, 0.2) is 48.0 Å². The van der Waals surface area contributed by atoms with Gasteiger partial charge >= 0.3 is 5.91 Å². The largest absolute Gasteiger partial charge is 0.507 e. The molecule has 3 aromatic rings. The van der Waals surface area contributed by atoms with E-state index < -0.39 is 17.7 Å². The molecule has 36 heavy (non-hydrogen) atoms. The first-order chi connectivity index (χ1) is 17.3. The molecule has 188 valence electrons. The topological polar surface area (TPSA) is 98.2 Å². The Morgan fingerprint density at radius 1 is 1.03 bits per heavy atom. The third-order valence-corrected chi connectivity index (χ3v) is 6.98. The van der Waals surface area contributed by atoms with Crippen LogP contribution >= 0.6 is 11.3 Å². The van der Waals surface area contributed by atoms with Crippen molar-refractivity contribution in [2.75, 3.05) is 25.2 Å². The van der Waals surface area contributed by atoms with Gasteiger partial charge in [0.1, 0.15) is 11.5 Å². The van der Waals surface area contributed by atoms with Gasteiger partial charge in [-0.05, 0) is 69.7 Å². The molecule has 1 amide bonds. The van der Waals surface area contributed by atoms with E-state index in [9.17, 15) is 14.7 Å². The summed E-state index contributed by atoms with van der Waals surface area (Å²) in [4.78, 5) is 33.5. The van der Waals surface area contributed by atoms with Gasteiger partial charge < -0.3 is 19.3 Å². The number of Topliss-reactive ketones (excluding diaryl/α,β-unsaturated/α-hetero) is 1. The minimum atomic E-state index is -0.911. The van der Waals surface area contributed by atoms with Crippen molar-refractivity contribution in [1.29, 1.82) is 0 Å². The normalized spacial score (nSPS) is 16.9. The van der Waals surface area contributed by atoms with Crippen LogP contribution in [-0.2, 0) is 9.59 Å². The van der Waals surface area contributed by atoms with Crippen LogP contribution in [0.5, 0.6) is 17.2 Å². The summed E-state index contributed by atoms with van der Waals surface area (Å²) in [6.07, 6.45) is 0. The molecular weight excluding hydrogens is 480 g/mol. The Hall–Kier alpha value is -3.85. The highest BCUT2D eigenvalue weighted by molar-refractivity contribution is 7.16. The number of hydrogen-bond acceptors (Lipinski definition) is 8. The number of methoxy groups -OCH3 is 1. The van der Waals surface area contributed by atoms with Gasteiger partial charge in [-0.25, -0.2) is 4.98 Å². The molecule has 1 N–H and O–H groups in total. The number of aliphatic hydroxyl groups excluding tert-OH is 1. The Labute approximate surface area is 213 Å². The second kappa shape index (κ2) is 10.4. The highest BCUT2D eigenvalue weighted by Gasteiger charge is 2.48. The molecular formula is C27H28N2O6S.